The van der Waals surface area contributed by atoms with Crippen LogP contribution in [-0.2, 0) is 17.6 Å². The summed E-state index contributed by atoms with van der Waals surface area (Å²) in [5.74, 6) is -0.0373. The van der Waals surface area contributed by atoms with Crippen LogP contribution in [0, 0.1) is 0 Å². The van der Waals surface area contributed by atoms with Crippen molar-refractivity contribution in [2.24, 2.45) is 0 Å². The smallest absolute Gasteiger partial charge is 0.255 e. The summed E-state index contributed by atoms with van der Waals surface area (Å²) in [6.07, 6.45) is 5.16. The SMILES string of the molecule is CC1CN(c2ccc(NC(=O)c3ccc4c(c3)CCCC4)cc2)CC(C)O1. The highest BCUT2D eigenvalue weighted by atomic mass is 16.5. The highest BCUT2D eigenvalue weighted by Gasteiger charge is 2.22. The van der Waals surface area contributed by atoms with E-state index in [9.17, 15) is 4.79 Å². The Hall–Kier alpha value is -2.33. The van der Waals surface area contributed by atoms with Crippen LogP contribution in [0.2, 0.25) is 0 Å². The monoisotopic (exact) mass is 364 g/mol. The second kappa shape index (κ2) is 7.73. The van der Waals surface area contributed by atoms with Crippen LogP contribution in [0.3, 0.4) is 0 Å². The van der Waals surface area contributed by atoms with Gasteiger partial charge in [-0.25, -0.2) is 0 Å². The first-order valence-corrected chi connectivity index (χ1v) is 10.0. The maximum Gasteiger partial charge on any atom is 0.255 e. The molecule has 4 rings (SSSR count). The number of nitrogens with zero attached hydrogens (tertiary/aromatic N) is 1. The van der Waals surface area contributed by atoms with E-state index in [0.29, 0.717) is 0 Å². The summed E-state index contributed by atoms with van der Waals surface area (Å²) in [4.78, 5) is 15.0. The number of ether oxygens (including phenoxy) is 1. The van der Waals surface area contributed by atoms with E-state index < -0.39 is 0 Å². The Bertz CT molecular complexity index is 806. The van der Waals surface area contributed by atoms with Crippen molar-refractivity contribution in [2.75, 3.05) is 23.3 Å². The van der Waals surface area contributed by atoms with Crippen LogP contribution in [0.4, 0.5) is 11.4 Å². The number of hydrogen-bond acceptors (Lipinski definition) is 3. The van der Waals surface area contributed by atoms with Crippen LogP contribution in [0.5, 0.6) is 0 Å². The molecule has 0 spiro atoms. The molecule has 1 heterocycles. The maximum absolute atomic E-state index is 12.6. The van der Waals surface area contributed by atoms with Gasteiger partial charge in [0.05, 0.1) is 12.2 Å². The zero-order chi connectivity index (χ0) is 18.8. The molecule has 0 aromatic heterocycles. The van der Waals surface area contributed by atoms with Gasteiger partial charge in [0.2, 0.25) is 0 Å². The van der Waals surface area contributed by atoms with E-state index in [4.69, 9.17) is 4.74 Å². The predicted molar refractivity (Wildman–Crippen MR) is 110 cm³/mol. The van der Waals surface area contributed by atoms with Crippen LogP contribution in [0.15, 0.2) is 42.5 Å². The summed E-state index contributed by atoms with van der Waals surface area (Å²) in [7, 11) is 0. The van der Waals surface area contributed by atoms with Crippen LogP contribution >= 0.6 is 0 Å². The molecule has 142 valence electrons. The van der Waals surface area contributed by atoms with Crippen molar-refractivity contribution < 1.29 is 9.53 Å². The topological polar surface area (TPSA) is 41.6 Å². The Labute approximate surface area is 161 Å². The summed E-state index contributed by atoms with van der Waals surface area (Å²) < 4.78 is 5.80. The highest BCUT2D eigenvalue weighted by molar-refractivity contribution is 6.04. The molecule has 2 atom stereocenters. The maximum atomic E-state index is 12.6. The van der Waals surface area contributed by atoms with E-state index in [1.165, 1.54) is 29.7 Å². The van der Waals surface area contributed by atoms with Gasteiger partial charge < -0.3 is 15.0 Å². The number of hydrogen-bond donors (Lipinski definition) is 1. The minimum Gasteiger partial charge on any atom is -0.372 e. The molecule has 2 aromatic carbocycles. The second-order valence-corrected chi connectivity index (χ2v) is 7.85. The van der Waals surface area contributed by atoms with Crippen molar-refractivity contribution in [1.82, 2.24) is 0 Å². The molecule has 4 heteroatoms. The molecule has 0 bridgehead atoms. The molecule has 1 amide bonds. The molecule has 2 unspecified atom stereocenters. The van der Waals surface area contributed by atoms with Gasteiger partial charge in [0, 0.05) is 30.0 Å². The summed E-state index contributed by atoms with van der Waals surface area (Å²) in [5, 5.41) is 3.03. The van der Waals surface area contributed by atoms with E-state index in [2.05, 4.69) is 48.3 Å². The van der Waals surface area contributed by atoms with Crippen LogP contribution in [0.1, 0.15) is 48.2 Å². The molecule has 1 aliphatic heterocycles. The number of carbonyl (C=O) groups is 1. The Morgan fingerprint density at radius 3 is 2.33 bits per heavy atom. The number of amides is 1. The number of nitrogens with one attached hydrogen (secondary N) is 1. The number of aryl methyl sites for hydroxylation is 2. The van der Waals surface area contributed by atoms with Crippen molar-refractivity contribution in [3.05, 3.63) is 59.2 Å². The number of rotatable bonds is 3. The van der Waals surface area contributed by atoms with Gasteiger partial charge in [0.25, 0.3) is 5.91 Å². The van der Waals surface area contributed by atoms with E-state index in [0.717, 1.165) is 37.2 Å². The normalized spacial score (nSPS) is 22.2. The number of morpholine rings is 1. The molecule has 1 aliphatic carbocycles. The van der Waals surface area contributed by atoms with E-state index in [-0.39, 0.29) is 18.1 Å². The summed E-state index contributed by atoms with van der Waals surface area (Å²) >= 11 is 0. The van der Waals surface area contributed by atoms with E-state index in [1.807, 2.05) is 18.2 Å². The minimum absolute atomic E-state index is 0.0373. The van der Waals surface area contributed by atoms with Crippen LogP contribution in [-0.4, -0.2) is 31.2 Å². The Morgan fingerprint density at radius 1 is 0.963 bits per heavy atom. The molecule has 1 N–H and O–H groups in total. The van der Waals surface area contributed by atoms with Gasteiger partial charge in [0.1, 0.15) is 0 Å². The molecule has 0 radical (unpaired) electrons. The highest BCUT2D eigenvalue weighted by Crippen LogP contribution is 2.24. The molecule has 1 fully saturated rings. The number of fused-ring (bicyclic) bond motifs is 1. The number of benzene rings is 2. The first-order chi connectivity index (χ1) is 13.1. The lowest BCUT2D eigenvalue weighted by molar-refractivity contribution is -0.00521. The standard InChI is InChI=1S/C23H28N2O2/c1-16-14-25(15-17(2)27-16)22-11-9-21(10-12-22)24-23(26)20-8-7-18-5-3-4-6-19(18)13-20/h7-13,16-17H,3-6,14-15H2,1-2H3,(H,24,26). The zero-order valence-electron chi connectivity index (χ0n) is 16.2. The molecule has 2 aromatic rings. The Kier molecular flexibility index (Phi) is 5.17. The summed E-state index contributed by atoms with van der Waals surface area (Å²) in [5.41, 5.74) is 5.48. The van der Waals surface area contributed by atoms with Crippen molar-refractivity contribution in [3.8, 4) is 0 Å². The van der Waals surface area contributed by atoms with Gasteiger partial charge in [-0.3, -0.25) is 4.79 Å². The summed E-state index contributed by atoms with van der Waals surface area (Å²) in [6.45, 7) is 6.00. The van der Waals surface area contributed by atoms with Gasteiger partial charge >= 0.3 is 0 Å². The fourth-order valence-electron chi connectivity index (χ4n) is 4.22. The third kappa shape index (κ3) is 4.16. The quantitative estimate of drug-likeness (QED) is 0.876. The lowest BCUT2D eigenvalue weighted by Crippen LogP contribution is -2.45. The second-order valence-electron chi connectivity index (χ2n) is 7.85. The number of anilines is 2. The molecule has 0 saturated carbocycles. The molecule has 1 saturated heterocycles. The lowest BCUT2D eigenvalue weighted by Gasteiger charge is -2.36. The fourth-order valence-corrected chi connectivity index (χ4v) is 4.22. The minimum atomic E-state index is -0.0373. The zero-order valence-corrected chi connectivity index (χ0v) is 16.2. The van der Waals surface area contributed by atoms with Gasteiger partial charge in [-0.15, -0.1) is 0 Å². The van der Waals surface area contributed by atoms with Gasteiger partial charge in [-0.2, -0.15) is 0 Å². The predicted octanol–water partition coefficient (Wildman–Crippen LogP) is 4.43. The number of carbonyl (C=O) groups excluding carboxylic acids is 1. The van der Waals surface area contributed by atoms with Crippen molar-refractivity contribution >= 4 is 17.3 Å². The first-order valence-electron chi connectivity index (χ1n) is 10.0. The average Bonchev–Trinajstić information content (AvgIpc) is 2.67. The average molecular weight is 364 g/mol. The van der Waals surface area contributed by atoms with Crippen LogP contribution < -0.4 is 10.2 Å². The third-order valence-corrected chi connectivity index (χ3v) is 5.52. The largest absolute Gasteiger partial charge is 0.372 e. The first kappa shape index (κ1) is 18.1. The molecule has 4 nitrogen and oxygen atoms in total. The van der Waals surface area contributed by atoms with Crippen LogP contribution in [0.25, 0.3) is 0 Å². The Balaban J connectivity index is 1.43. The summed E-state index contributed by atoms with van der Waals surface area (Å²) in [6, 6.07) is 14.2. The molecule has 27 heavy (non-hydrogen) atoms. The molecular weight excluding hydrogens is 336 g/mol. The lowest BCUT2D eigenvalue weighted by atomic mass is 9.90. The molecule has 2 aliphatic rings. The van der Waals surface area contributed by atoms with Gasteiger partial charge in [-0.05, 0) is 87.1 Å². The van der Waals surface area contributed by atoms with Gasteiger partial charge in [-0.1, -0.05) is 6.07 Å². The fraction of sp³-hybridized carbons (Fsp3) is 0.435. The van der Waals surface area contributed by atoms with Crippen molar-refractivity contribution in [3.63, 3.8) is 0 Å². The van der Waals surface area contributed by atoms with E-state index >= 15 is 0 Å². The van der Waals surface area contributed by atoms with Crippen molar-refractivity contribution in [2.45, 2.75) is 51.7 Å². The third-order valence-electron chi connectivity index (χ3n) is 5.52. The molecular formula is C23H28N2O2. The Morgan fingerprint density at radius 2 is 1.63 bits per heavy atom. The van der Waals surface area contributed by atoms with Crippen molar-refractivity contribution in [1.29, 1.82) is 0 Å². The van der Waals surface area contributed by atoms with E-state index in [1.54, 1.807) is 0 Å². The van der Waals surface area contributed by atoms with Gasteiger partial charge in [0.15, 0.2) is 0 Å².